The molecule has 2 aromatic rings. The number of ketones is 1. The maximum Gasteiger partial charge on any atom is 0.269 e. The van der Waals surface area contributed by atoms with Gasteiger partial charge in [-0.3, -0.25) is 14.9 Å². The number of anilines is 1. The Morgan fingerprint density at radius 2 is 1.74 bits per heavy atom. The normalized spacial score (nSPS) is 17.0. The van der Waals surface area contributed by atoms with E-state index in [4.69, 9.17) is 0 Å². The molecule has 0 bridgehead atoms. The van der Waals surface area contributed by atoms with Crippen LogP contribution in [0.5, 0.6) is 0 Å². The van der Waals surface area contributed by atoms with E-state index in [9.17, 15) is 14.9 Å². The fraction of sp³-hybridized carbons (Fsp3) is 0.167. The fourth-order valence-electron chi connectivity index (χ4n) is 2.76. The number of carbonyl (C=O) groups excluding carboxylic acids is 1. The zero-order valence-corrected chi connectivity index (χ0v) is 12.5. The molecule has 0 aliphatic carbocycles. The minimum absolute atomic E-state index is 0.0484. The zero-order chi connectivity index (χ0) is 16.2. The number of hydrogen-bond acceptors (Lipinski definition) is 4. The minimum Gasteiger partial charge on any atom is -0.357 e. The third-order valence-corrected chi connectivity index (χ3v) is 3.96. The van der Waals surface area contributed by atoms with Crippen molar-refractivity contribution in [1.29, 1.82) is 0 Å². The van der Waals surface area contributed by atoms with Crippen LogP contribution in [0.3, 0.4) is 0 Å². The average Bonchev–Trinajstić information content (AvgIpc) is 2.62. The van der Waals surface area contributed by atoms with Crippen molar-refractivity contribution in [3.05, 3.63) is 82.4 Å². The number of carbonyl (C=O) groups is 1. The molecule has 5 nitrogen and oxygen atoms in total. The van der Waals surface area contributed by atoms with Gasteiger partial charge in [0.15, 0.2) is 5.78 Å². The second-order valence-corrected chi connectivity index (χ2v) is 5.38. The maximum atomic E-state index is 12.8. The Morgan fingerprint density at radius 3 is 2.39 bits per heavy atom. The van der Waals surface area contributed by atoms with Gasteiger partial charge >= 0.3 is 0 Å². The number of nitrogens with zero attached hydrogens (tertiary/aromatic N) is 2. The van der Waals surface area contributed by atoms with Crippen molar-refractivity contribution in [1.82, 2.24) is 0 Å². The quantitative estimate of drug-likeness (QED) is 0.374. The smallest absolute Gasteiger partial charge is 0.269 e. The van der Waals surface area contributed by atoms with Gasteiger partial charge in [0.05, 0.1) is 11.0 Å². The van der Waals surface area contributed by atoms with E-state index >= 15 is 0 Å². The number of rotatable bonds is 4. The monoisotopic (exact) mass is 308 g/mol. The second kappa shape index (κ2) is 6.44. The largest absolute Gasteiger partial charge is 0.357 e. The highest BCUT2D eigenvalue weighted by Gasteiger charge is 2.27. The topological polar surface area (TPSA) is 63.5 Å². The lowest BCUT2D eigenvalue weighted by Gasteiger charge is -2.34. The van der Waals surface area contributed by atoms with E-state index in [2.05, 4.69) is 0 Å². The van der Waals surface area contributed by atoms with E-state index in [1.165, 1.54) is 12.1 Å². The Labute approximate surface area is 134 Å². The highest BCUT2D eigenvalue weighted by atomic mass is 16.6. The first-order valence-electron chi connectivity index (χ1n) is 7.42. The first-order valence-corrected chi connectivity index (χ1v) is 7.42. The highest BCUT2D eigenvalue weighted by molar-refractivity contribution is 6.02. The number of non-ortho nitro benzene ring substituents is 1. The summed E-state index contributed by atoms with van der Waals surface area (Å²) in [5.74, 6) is 0.0632. The molecule has 0 saturated carbocycles. The van der Waals surface area contributed by atoms with E-state index in [1.54, 1.807) is 12.1 Å². The molecule has 1 heterocycles. The third kappa shape index (κ3) is 3.13. The van der Waals surface area contributed by atoms with E-state index in [0.29, 0.717) is 18.5 Å². The van der Waals surface area contributed by atoms with Crippen LogP contribution >= 0.6 is 0 Å². The van der Waals surface area contributed by atoms with Crippen LogP contribution in [-0.2, 0) is 0 Å². The molecule has 3 rings (SSSR count). The zero-order valence-electron chi connectivity index (χ0n) is 12.5. The van der Waals surface area contributed by atoms with Gasteiger partial charge < -0.3 is 4.90 Å². The van der Waals surface area contributed by atoms with Crippen molar-refractivity contribution in [3.8, 4) is 0 Å². The molecule has 1 atom stereocenters. The minimum atomic E-state index is -0.424. The standard InChI is InChI=1S/C18H16N2O3/c21-18(14-6-2-1-3-7-14)17-8-4-5-13-19(17)15-9-11-16(12-10-15)20(22)23/h1-7,9-12,17H,8,13H2/t17-/m0/s1. The Kier molecular flexibility index (Phi) is 4.19. The van der Waals surface area contributed by atoms with Crippen molar-refractivity contribution >= 4 is 17.2 Å². The van der Waals surface area contributed by atoms with Crippen LogP contribution in [0, 0.1) is 10.1 Å². The van der Waals surface area contributed by atoms with Gasteiger partial charge in [0.25, 0.3) is 5.69 Å². The molecule has 5 heteroatoms. The molecular formula is C18H16N2O3. The van der Waals surface area contributed by atoms with Gasteiger partial charge in [0.1, 0.15) is 0 Å². The molecule has 0 saturated heterocycles. The number of nitro groups is 1. The Bertz CT molecular complexity index is 739. The summed E-state index contributed by atoms with van der Waals surface area (Å²) in [5, 5.41) is 10.8. The van der Waals surface area contributed by atoms with Gasteiger partial charge in [0.2, 0.25) is 0 Å². The summed E-state index contributed by atoms with van der Waals surface area (Å²) < 4.78 is 0. The summed E-state index contributed by atoms with van der Waals surface area (Å²) >= 11 is 0. The molecule has 2 aromatic carbocycles. The molecule has 1 aliphatic heterocycles. The molecule has 1 aliphatic rings. The van der Waals surface area contributed by atoms with Crippen LogP contribution in [-0.4, -0.2) is 23.3 Å². The maximum absolute atomic E-state index is 12.8. The van der Waals surface area contributed by atoms with E-state index in [0.717, 1.165) is 5.69 Å². The molecule has 0 N–H and O–H groups in total. The molecule has 0 unspecified atom stereocenters. The Hall–Kier alpha value is -2.95. The van der Waals surface area contributed by atoms with Crippen LogP contribution < -0.4 is 4.90 Å². The number of benzene rings is 2. The Balaban J connectivity index is 1.88. The lowest BCUT2D eigenvalue weighted by molar-refractivity contribution is -0.384. The van der Waals surface area contributed by atoms with Crippen molar-refractivity contribution in [2.24, 2.45) is 0 Å². The predicted molar refractivity (Wildman–Crippen MR) is 88.8 cm³/mol. The van der Waals surface area contributed by atoms with Crippen LogP contribution in [0.2, 0.25) is 0 Å². The molecular weight excluding hydrogens is 292 g/mol. The number of Topliss-reactive ketones (excluding diaryl/α,β-unsaturated/α-hetero) is 1. The van der Waals surface area contributed by atoms with E-state index in [-0.39, 0.29) is 17.5 Å². The molecule has 23 heavy (non-hydrogen) atoms. The average molecular weight is 308 g/mol. The van der Waals surface area contributed by atoms with Crippen LogP contribution in [0.25, 0.3) is 0 Å². The van der Waals surface area contributed by atoms with Crippen LogP contribution in [0.4, 0.5) is 11.4 Å². The lowest BCUT2D eigenvalue weighted by atomic mass is 9.97. The van der Waals surface area contributed by atoms with Crippen LogP contribution in [0.15, 0.2) is 66.7 Å². The number of nitro benzene ring substituents is 1. The third-order valence-electron chi connectivity index (χ3n) is 3.96. The summed E-state index contributed by atoms with van der Waals surface area (Å²) in [4.78, 5) is 25.1. The van der Waals surface area contributed by atoms with Crippen LogP contribution in [0.1, 0.15) is 16.8 Å². The highest BCUT2D eigenvalue weighted by Crippen LogP contribution is 2.26. The van der Waals surface area contributed by atoms with Crippen molar-refractivity contribution in [2.45, 2.75) is 12.5 Å². The van der Waals surface area contributed by atoms with Gasteiger partial charge in [-0.25, -0.2) is 0 Å². The number of hydrogen-bond donors (Lipinski definition) is 0. The van der Waals surface area contributed by atoms with Gasteiger partial charge in [-0.1, -0.05) is 42.5 Å². The summed E-state index contributed by atoms with van der Waals surface area (Å²) in [6, 6.07) is 15.3. The van der Waals surface area contributed by atoms with Gasteiger partial charge in [-0.05, 0) is 18.6 Å². The molecule has 0 spiro atoms. The molecule has 0 aromatic heterocycles. The molecule has 0 fully saturated rings. The molecule has 0 radical (unpaired) electrons. The first-order chi connectivity index (χ1) is 11.2. The van der Waals surface area contributed by atoms with Gasteiger partial charge in [0, 0.05) is 29.9 Å². The van der Waals surface area contributed by atoms with E-state index < -0.39 is 4.92 Å². The van der Waals surface area contributed by atoms with E-state index in [1.807, 2.05) is 47.4 Å². The summed E-state index contributed by atoms with van der Waals surface area (Å²) in [7, 11) is 0. The van der Waals surface area contributed by atoms with Gasteiger partial charge in [-0.15, -0.1) is 0 Å². The molecule has 116 valence electrons. The van der Waals surface area contributed by atoms with Gasteiger partial charge in [-0.2, -0.15) is 0 Å². The fourth-order valence-corrected chi connectivity index (χ4v) is 2.76. The first kappa shape index (κ1) is 15.0. The van der Waals surface area contributed by atoms with Crippen molar-refractivity contribution in [2.75, 3.05) is 11.4 Å². The predicted octanol–water partition coefficient (Wildman–Crippen LogP) is 3.61. The summed E-state index contributed by atoms with van der Waals surface area (Å²) in [6.45, 7) is 0.612. The summed E-state index contributed by atoms with van der Waals surface area (Å²) in [5.41, 5.74) is 1.54. The second-order valence-electron chi connectivity index (χ2n) is 5.38. The van der Waals surface area contributed by atoms with Crippen molar-refractivity contribution in [3.63, 3.8) is 0 Å². The summed E-state index contributed by atoms with van der Waals surface area (Å²) in [6.07, 6.45) is 4.65. The SMILES string of the molecule is O=C(c1ccccc1)[C@@H]1CC=CCN1c1ccc([N+](=O)[O-])cc1. The lowest BCUT2D eigenvalue weighted by Crippen LogP contribution is -2.43. The Morgan fingerprint density at radius 1 is 1.04 bits per heavy atom. The van der Waals surface area contributed by atoms with Crippen molar-refractivity contribution < 1.29 is 9.72 Å². The molecule has 0 amide bonds.